The molecule has 4 rings (SSSR count). The lowest BCUT2D eigenvalue weighted by atomic mass is 9.63. The number of rotatable bonds is 7. The van der Waals surface area contributed by atoms with Crippen molar-refractivity contribution in [2.24, 2.45) is 23.7 Å². The van der Waals surface area contributed by atoms with Crippen LogP contribution < -0.4 is 0 Å². The minimum atomic E-state index is -0.508. The van der Waals surface area contributed by atoms with Crippen molar-refractivity contribution in [2.75, 3.05) is 0 Å². The summed E-state index contributed by atoms with van der Waals surface area (Å²) in [7, 11) is 0. The first-order chi connectivity index (χ1) is 14.6. The molecule has 0 aliphatic heterocycles. The molecule has 0 aromatic heterocycles. The standard InChI is InChI=1S/C28H42F2/c1-3-5-6-7-8-20-10-12-24-18-26(28(30)27(29)25(24)16-20)23-14-13-21-15-19(4-2)9-11-22(21)17-23/h18-23H,3-17H2,1-2H3. The van der Waals surface area contributed by atoms with Crippen molar-refractivity contribution >= 4 is 0 Å². The summed E-state index contributed by atoms with van der Waals surface area (Å²) < 4.78 is 30.4. The Morgan fingerprint density at radius 1 is 0.833 bits per heavy atom. The molecule has 1 aromatic rings. The molecule has 0 spiro atoms. The van der Waals surface area contributed by atoms with Crippen LogP contribution in [0.1, 0.15) is 120 Å². The Morgan fingerprint density at radius 3 is 2.43 bits per heavy atom. The number of fused-ring (bicyclic) bond motifs is 2. The zero-order valence-corrected chi connectivity index (χ0v) is 19.3. The maximum Gasteiger partial charge on any atom is 0.162 e. The second kappa shape index (κ2) is 10.1. The molecule has 0 radical (unpaired) electrons. The van der Waals surface area contributed by atoms with Crippen molar-refractivity contribution in [3.8, 4) is 0 Å². The highest BCUT2D eigenvalue weighted by Crippen LogP contribution is 2.49. The maximum atomic E-state index is 15.2. The van der Waals surface area contributed by atoms with Gasteiger partial charge in [-0.1, -0.05) is 64.9 Å². The third kappa shape index (κ3) is 4.78. The lowest BCUT2D eigenvalue weighted by molar-refractivity contribution is 0.115. The van der Waals surface area contributed by atoms with Gasteiger partial charge in [-0.05, 0) is 97.6 Å². The van der Waals surface area contributed by atoms with Crippen LogP contribution in [0.25, 0.3) is 0 Å². The molecule has 0 amide bonds. The van der Waals surface area contributed by atoms with Crippen LogP contribution in [0.3, 0.4) is 0 Å². The summed E-state index contributed by atoms with van der Waals surface area (Å²) in [4.78, 5) is 0. The maximum absolute atomic E-state index is 15.2. The summed E-state index contributed by atoms with van der Waals surface area (Å²) in [6.07, 6.45) is 17.7. The van der Waals surface area contributed by atoms with Gasteiger partial charge in [0.15, 0.2) is 11.6 Å². The minimum Gasteiger partial charge on any atom is -0.203 e. The van der Waals surface area contributed by atoms with Gasteiger partial charge in [-0.3, -0.25) is 0 Å². The number of hydrogen-bond acceptors (Lipinski definition) is 0. The minimum absolute atomic E-state index is 0.232. The molecule has 5 unspecified atom stereocenters. The molecule has 0 N–H and O–H groups in total. The molecule has 2 fully saturated rings. The summed E-state index contributed by atoms with van der Waals surface area (Å²) in [6.45, 7) is 4.55. The van der Waals surface area contributed by atoms with Crippen LogP contribution in [-0.2, 0) is 12.8 Å². The first-order valence-corrected chi connectivity index (χ1v) is 13.1. The van der Waals surface area contributed by atoms with E-state index in [4.69, 9.17) is 0 Å². The number of benzene rings is 1. The third-order valence-electron chi connectivity index (χ3n) is 8.95. The van der Waals surface area contributed by atoms with Crippen molar-refractivity contribution in [3.63, 3.8) is 0 Å². The molecule has 168 valence electrons. The van der Waals surface area contributed by atoms with E-state index in [0.29, 0.717) is 17.0 Å². The van der Waals surface area contributed by atoms with E-state index in [0.717, 1.165) is 55.4 Å². The second-order valence-electron chi connectivity index (χ2n) is 10.8. The fraction of sp³-hybridized carbons (Fsp3) is 0.786. The number of hydrogen-bond donors (Lipinski definition) is 0. The molecular formula is C28H42F2. The van der Waals surface area contributed by atoms with Crippen LogP contribution in [-0.4, -0.2) is 0 Å². The normalized spacial score (nSPS) is 31.3. The Bertz CT molecular complexity index is 709. The molecule has 3 aliphatic carbocycles. The summed E-state index contributed by atoms with van der Waals surface area (Å²) in [5.74, 6) is 2.23. The van der Waals surface area contributed by atoms with Gasteiger partial charge in [-0.15, -0.1) is 0 Å². The zero-order valence-electron chi connectivity index (χ0n) is 19.3. The van der Waals surface area contributed by atoms with E-state index in [1.54, 1.807) is 0 Å². The number of aryl methyl sites for hydroxylation is 1. The average Bonchev–Trinajstić information content (AvgIpc) is 2.78. The molecule has 2 heteroatoms. The molecule has 1 aromatic carbocycles. The average molecular weight is 417 g/mol. The molecule has 30 heavy (non-hydrogen) atoms. The van der Waals surface area contributed by atoms with Gasteiger partial charge < -0.3 is 0 Å². The first-order valence-electron chi connectivity index (χ1n) is 13.1. The first kappa shape index (κ1) is 22.3. The predicted octanol–water partition coefficient (Wildman–Crippen LogP) is 8.75. The van der Waals surface area contributed by atoms with Gasteiger partial charge >= 0.3 is 0 Å². The number of unbranched alkanes of at least 4 members (excludes halogenated alkanes) is 3. The summed E-state index contributed by atoms with van der Waals surface area (Å²) in [5, 5.41) is 0. The van der Waals surface area contributed by atoms with E-state index in [1.165, 1.54) is 64.2 Å². The van der Waals surface area contributed by atoms with E-state index in [1.807, 2.05) is 0 Å². The SMILES string of the molecule is CCCCCCC1CCc2cc(C3CCC4CC(CC)CCC4C3)c(F)c(F)c2C1. The van der Waals surface area contributed by atoms with E-state index in [2.05, 4.69) is 19.9 Å². The fourth-order valence-corrected chi connectivity index (χ4v) is 6.98. The van der Waals surface area contributed by atoms with Crippen LogP contribution in [0.2, 0.25) is 0 Å². The van der Waals surface area contributed by atoms with Gasteiger partial charge in [0.05, 0.1) is 0 Å². The Labute approximate surface area is 183 Å². The van der Waals surface area contributed by atoms with Crippen molar-refractivity contribution < 1.29 is 8.78 Å². The van der Waals surface area contributed by atoms with Crippen LogP contribution in [0, 0.1) is 35.3 Å². The van der Waals surface area contributed by atoms with Gasteiger partial charge in [-0.25, -0.2) is 8.78 Å². The lowest BCUT2D eigenvalue weighted by Gasteiger charge is -2.42. The van der Waals surface area contributed by atoms with Crippen LogP contribution in [0.4, 0.5) is 8.78 Å². The Morgan fingerprint density at radius 2 is 1.63 bits per heavy atom. The summed E-state index contributed by atoms with van der Waals surface area (Å²) in [6, 6.07) is 2.09. The van der Waals surface area contributed by atoms with Crippen LogP contribution in [0.15, 0.2) is 6.07 Å². The highest BCUT2D eigenvalue weighted by atomic mass is 19.2. The zero-order chi connectivity index (χ0) is 21.1. The topological polar surface area (TPSA) is 0 Å². The smallest absolute Gasteiger partial charge is 0.162 e. The second-order valence-corrected chi connectivity index (χ2v) is 10.8. The molecule has 3 aliphatic rings. The van der Waals surface area contributed by atoms with E-state index in [-0.39, 0.29) is 5.92 Å². The predicted molar refractivity (Wildman–Crippen MR) is 122 cm³/mol. The highest BCUT2D eigenvalue weighted by Gasteiger charge is 2.37. The van der Waals surface area contributed by atoms with Gasteiger partial charge in [0.25, 0.3) is 0 Å². The summed E-state index contributed by atoms with van der Waals surface area (Å²) >= 11 is 0. The highest BCUT2D eigenvalue weighted by molar-refractivity contribution is 5.38. The van der Waals surface area contributed by atoms with E-state index in [9.17, 15) is 0 Å². The van der Waals surface area contributed by atoms with Crippen molar-refractivity contribution in [2.45, 2.75) is 116 Å². The molecular weight excluding hydrogens is 374 g/mol. The van der Waals surface area contributed by atoms with Gasteiger partial charge in [0.1, 0.15) is 0 Å². The Balaban J connectivity index is 1.43. The molecule has 0 heterocycles. The van der Waals surface area contributed by atoms with E-state index >= 15 is 8.78 Å². The quantitative estimate of drug-likeness (QED) is 0.390. The Kier molecular flexibility index (Phi) is 7.53. The summed E-state index contributed by atoms with van der Waals surface area (Å²) in [5.41, 5.74) is 2.54. The van der Waals surface area contributed by atoms with Gasteiger partial charge in [0, 0.05) is 0 Å². The van der Waals surface area contributed by atoms with Crippen molar-refractivity contribution in [3.05, 3.63) is 34.4 Å². The molecule has 0 saturated heterocycles. The van der Waals surface area contributed by atoms with Crippen molar-refractivity contribution in [1.82, 2.24) is 0 Å². The molecule has 0 bridgehead atoms. The lowest BCUT2D eigenvalue weighted by Crippen LogP contribution is -2.31. The van der Waals surface area contributed by atoms with Crippen molar-refractivity contribution in [1.29, 1.82) is 0 Å². The van der Waals surface area contributed by atoms with Gasteiger partial charge in [0.2, 0.25) is 0 Å². The molecule has 2 saturated carbocycles. The monoisotopic (exact) mass is 416 g/mol. The van der Waals surface area contributed by atoms with Crippen LogP contribution in [0.5, 0.6) is 0 Å². The number of halogens is 2. The van der Waals surface area contributed by atoms with Crippen LogP contribution >= 0.6 is 0 Å². The fourth-order valence-electron chi connectivity index (χ4n) is 6.98. The molecule has 5 atom stereocenters. The Hall–Kier alpha value is -0.920. The largest absolute Gasteiger partial charge is 0.203 e. The van der Waals surface area contributed by atoms with E-state index < -0.39 is 11.6 Å². The molecule has 0 nitrogen and oxygen atoms in total. The third-order valence-corrected chi connectivity index (χ3v) is 8.95. The van der Waals surface area contributed by atoms with Gasteiger partial charge in [-0.2, -0.15) is 0 Å².